The smallest absolute Gasteiger partial charge is 0.157 e. The molecule has 0 saturated heterocycles. The highest BCUT2D eigenvalue weighted by Gasteiger charge is 2.15. The standard InChI is InChI=1S/C19H11ClFN5S/c20-15-6-10(21)4-5-16(15)24-19-14-8-27-7-13(14)11-2-1-3-12(17(11)25-19)18-22-9-23-26-18/h1-9H,(H,24,25)(H,22,23,26). The summed E-state index contributed by atoms with van der Waals surface area (Å²) < 4.78 is 13.4. The molecule has 0 fully saturated rings. The van der Waals surface area contributed by atoms with E-state index in [4.69, 9.17) is 16.6 Å². The number of benzene rings is 2. The fourth-order valence-electron chi connectivity index (χ4n) is 3.08. The maximum absolute atomic E-state index is 13.4. The molecule has 5 nitrogen and oxygen atoms in total. The molecule has 27 heavy (non-hydrogen) atoms. The molecule has 5 rings (SSSR count). The van der Waals surface area contributed by atoms with E-state index in [-0.39, 0.29) is 5.82 Å². The first-order valence-electron chi connectivity index (χ1n) is 8.07. The van der Waals surface area contributed by atoms with Crippen LogP contribution in [0.2, 0.25) is 5.02 Å². The number of fused-ring (bicyclic) bond motifs is 3. The lowest BCUT2D eigenvalue weighted by Gasteiger charge is -2.12. The third-order valence-electron chi connectivity index (χ3n) is 4.32. The lowest BCUT2D eigenvalue weighted by atomic mass is 10.1. The molecule has 132 valence electrons. The van der Waals surface area contributed by atoms with Crippen LogP contribution in [0.25, 0.3) is 33.1 Å². The van der Waals surface area contributed by atoms with Crippen molar-refractivity contribution in [3.8, 4) is 11.4 Å². The van der Waals surface area contributed by atoms with E-state index in [1.165, 1.54) is 18.5 Å². The van der Waals surface area contributed by atoms with Crippen LogP contribution >= 0.6 is 22.9 Å². The van der Waals surface area contributed by atoms with Gasteiger partial charge in [0.15, 0.2) is 5.82 Å². The van der Waals surface area contributed by atoms with Crippen LogP contribution in [0.1, 0.15) is 0 Å². The van der Waals surface area contributed by atoms with Gasteiger partial charge in [0.25, 0.3) is 0 Å². The zero-order chi connectivity index (χ0) is 18.4. The predicted octanol–water partition coefficient (Wildman–Crippen LogP) is 5.77. The first-order valence-corrected chi connectivity index (χ1v) is 9.39. The van der Waals surface area contributed by atoms with Crippen LogP contribution in [0.15, 0.2) is 53.5 Å². The Morgan fingerprint density at radius 2 is 1.96 bits per heavy atom. The van der Waals surface area contributed by atoms with Gasteiger partial charge in [-0.1, -0.05) is 23.7 Å². The Labute approximate surface area is 161 Å². The van der Waals surface area contributed by atoms with Gasteiger partial charge in [-0.25, -0.2) is 14.4 Å². The Morgan fingerprint density at radius 1 is 1.07 bits per heavy atom. The van der Waals surface area contributed by atoms with E-state index in [0.29, 0.717) is 22.4 Å². The third kappa shape index (κ3) is 2.72. The first-order chi connectivity index (χ1) is 13.2. The number of rotatable bonds is 3. The number of hydrogen-bond acceptors (Lipinski definition) is 5. The number of thiophene rings is 1. The molecule has 0 amide bonds. The van der Waals surface area contributed by atoms with E-state index in [1.54, 1.807) is 17.4 Å². The zero-order valence-electron chi connectivity index (χ0n) is 13.7. The summed E-state index contributed by atoms with van der Waals surface area (Å²) in [4.78, 5) is 9.10. The van der Waals surface area contributed by atoms with E-state index in [1.807, 2.05) is 23.6 Å². The van der Waals surface area contributed by atoms with Crippen LogP contribution in [0.5, 0.6) is 0 Å². The summed E-state index contributed by atoms with van der Waals surface area (Å²) in [6.45, 7) is 0. The van der Waals surface area contributed by atoms with Crippen LogP contribution in [-0.2, 0) is 0 Å². The summed E-state index contributed by atoms with van der Waals surface area (Å²) in [5.41, 5.74) is 2.24. The first kappa shape index (κ1) is 16.2. The quantitative estimate of drug-likeness (QED) is 0.407. The molecular weight excluding hydrogens is 385 g/mol. The fourth-order valence-corrected chi connectivity index (χ4v) is 4.13. The molecule has 2 aromatic carbocycles. The number of nitrogens with one attached hydrogen (secondary N) is 2. The molecule has 0 atom stereocenters. The number of aromatic amines is 1. The largest absolute Gasteiger partial charge is 0.338 e. The van der Waals surface area contributed by atoms with Crippen molar-refractivity contribution >= 4 is 56.1 Å². The fraction of sp³-hybridized carbons (Fsp3) is 0. The van der Waals surface area contributed by atoms with Crippen LogP contribution in [-0.4, -0.2) is 20.2 Å². The minimum Gasteiger partial charge on any atom is -0.338 e. The van der Waals surface area contributed by atoms with Gasteiger partial charge in [0.2, 0.25) is 0 Å². The van der Waals surface area contributed by atoms with Crippen molar-refractivity contribution in [1.29, 1.82) is 0 Å². The van der Waals surface area contributed by atoms with E-state index >= 15 is 0 Å². The second-order valence-corrected chi connectivity index (χ2v) is 7.10. The number of halogens is 2. The molecule has 0 aliphatic rings. The SMILES string of the molecule is Fc1ccc(Nc2nc3c(-c4ncn[nH]4)cccc3c3cscc23)c(Cl)c1. The summed E-state index contributed by atoms with van der Waals surface area (Å²) in [5, 5.41) is 17.6. The van der Waals surface area contributed by atoms with Gasteiger partial charge in [-0.3, -0.25) is 5.10 Å². The average Bonchev–Trinajstić information content (AvgIpc) is 3.35. The highest BCUT2D eigenvalue weighted by molar-refractivity contribution is 7.09. The third-order valence-corrected chi connectivity index (χ3v) is 5.38. The highest BCUT2D eigenvalue weighted by Crippen LogP contribution is 2.37. The monoisotopic (exact) mass is 395 g/mol. The number of aromatic nitrogens is 4. The normalized spacial score (nSPS) is 11.3. The van der Waals surface area contributed by atoms with Gasteiger partial charge in [-0.15, -0.1) is 0 Å². The number of para-hydroxylation sites is 1. The van der Waals surface area contributed by atoms with E-state index < -0.39 is 0 Å². The van der Waals surface area contributed by atoms with E-state index in [0.717, 1.165) is 27.2 Å². The topological polar surface area (TPSA) is 66.5 Å². The van der Waals surface area contributed by atoms with Crippen molar-refractivity contribution in [2.75, 3.05) is 5.32 Å². The molecule has 0 saturated carbocycles. The van der Waals surface area contributed by atoms with E-state index in [2.05, 4.69) is 25.9 Å². The Balaban J connectivity index is 1.76. The van der Waals surface area contributed by atoms with Crippen molar-refractivity contribution in [1.82, 2.24) is 20.2 Å². The molecule has 5 aromatic rings. The van der Waals surface area contributed by atoms with Gasteiger partial charge in [-0.05, 0) is 29.6 Å². The number of nitrogens with zero attached hydrogens (tertiary/aromatic N) is 3. The molecule has 0 spiro atoms. The van der Waals surface area contributed by atoms with Crippen molar-refractivity contribution in [3.63, 3.8) is 0 Å². The maximum atomic E-state index is 13.4. The highest BCUT2D eigenvalue weighted by atomic mass is 35.5. The molecule has 8 heteroatoms. The molecule has 0 unspecified atom stereocenters. The van der Waals surface area contributed by atoms with Crippen molar-refractivity contribution in [2.45, 2.75) is 0 Å². The lowest BCUT2D eigenvalue weighted by Crippen LogP contribution is -1.97. The zero-order valence-corrected chi connectivity index (χ0v) is 15.3. The van der Waals surface area contributed by atoms with Crippen LogP contribution < -0.4 is 5.32 Å². The molecule has 3 aromatic heterocycles. The molecule has 3 heterocycles. The van der Waals surface area contributed by atoms with Crippen molar-refractivity contribution in [2.24, 2.45) is 0 Å². The molecule has 0 radical (unpaired) electrons. The summed E-state index contributed by atoms with van der Waals surface area (Å²) in [5.74, 6) is 0.915. The van der Waals surface area contributed by atoms with Crippen LogP contribution in [0.4, 0.5) is 15.9 Å². The summed E-state index contributed by atoms with van der Waals surface area (Å²) in [6, 6.07) is 10.2. The Bertz CT molecular complexity index is 1280. The van der Waals surface area contributed by atoms with Gasteiger partial charge in [-0.2, -0.15) is 16.4 Å². The molecular formula is C19H11ClFN5S. The van der Waals surface area contributed by atoms with Crippen molar-refractivity contribution in [3.05, 3.63) is 64.3 Å². The molecule has 0 aliphatic heterocycles. The Hall–Kier alpha value is -3.03. The van der Waals surface area contributed by atoms with Crippen LogP contribution in [0.3, 0.4) is 0 Å². The number of anilines is 2. The number of H-pyrrole nitrogens is 1. The second-order valence-electron chi connectivity index (χ2n) is 5.94. The second kappa shape index (κ2) is 6.29. The van der Waals surface area contributed by atoms with Gasteiger partial charge >= 0.3 is 0 Å². The summed E-state index contributed by atoms with van der Waals surface area (Å²) >= 11 is 7.78. The summed E-state index contributed by atoms with van der Waals surface area (Å²) in [7, 11) is 0. The predicted molar refractivity (Wildman–Crippen MR) is 107 cm³/mol. The summed E-state index contributed by atoms with van der Waals surface area (Å²) in [6.07, 6.45) is 1.47. The number of pyridine rings is 1. The minimum atomic E-state index is -0.384. The molecule has 0 aliphatic carbocycles. The van der Waals surface area contributed by atoms with Gasteiger partial charge < -0.3 is 5.32 Å². The Kier molecular flexibility index (Phi) is 3.77. The van der Waals surface area contributed by atoms with Gasteiger partial charge in [0.05, 0.1) is 16.2 Å². The Morgan fingerprint density at radius 3 is 2.78 bits per heavy atom. The average molecular weight is 396 g/mol. The minimum absolute atomic E-state index is 0.295. The molecule has 2 N–H and O–H groups in total. The number of hydrogen-bond donors (Lipinski definition) is 2. The van der Waals surface area contributed by atoms with Gasteiger partial charge in [0, 0.05) is 27.1 Å². The van der Waals surface area contributed by atoms with Crippen LogP contribution in [0, 0.1) is 5.82 Å². The van der Waals surface area contributed by atoms with Gasteiger partial charge in [0.1, 0.15) is 18.0 Å². The van der Waals surface area contributed by atoms with E-state index in [9.17, 15) is 4.39 Å². The van der Waals surface area contributed by atoms with Crippen molar-refractivity contribution < 1.29 is 4.39 Å². The lowest BCUT2D eigenvalue weighted by molar-refractivity contribution is 0.628. The maximum Gasteiger partial charge on any atom is 0.157 e. The molecule has 0 bridgehead atoms.